The van der Waals surface area contributed by atoms with E-state index in [1.54, 1.807) is 6.07 Å². The number of amides is 1. The van der Waals surface area contributed by atoms with Crippen LogP contribution in [0.2, 0.25) is 0 Å². The molecule has 0 aromatic heterocycles. The van der Waals surface area contributed by atoms with Crippen molar-refractivity contribution in [2.75, 3.05) is 5.32 Å². The van der Waals surface area contributed by atoms with Gasteiger partial charge in [-0.25, -0.2) is 9.18 Å². The van der Waals surface area contributed by atoms with Crippen LogP contribution in [-0.2, 0) is 15.8 Å². The molecule has 0 aliphatic carbocycles. The van der Waals surface area contributed by atoms with E-state index in [1.165, 1.54) is 24.3 Å². The lowest BCUT2D eigenvalue weighted by molar-refractivity contribution is -0.140. The van der Waals surface area contributed by atoms with Crippen LogP contribution in [0, 0.1) is 5.82 Å². The summed E-state index contributed by atoms with van der Waals surface area (Å²) < 4.78 is 53.1. The van der Waals surface area contributed by atoms with E-state index in [2.05, 4.69) is 9.99 Å². The van der Waals surface area contributed by atoms with Gasteiger partial charge in [-0.3, -0.25) is 9.59 Å². The molecule has 0 fully saturated rings. The number of halogens is 4. The summed E-state index contributed by atoms with van der Waals surface area (Å²) in [5.74, 6) is -5.43. The molecular weight excluding hydrogens is 372 g/mol. The van der Waals surface area contributed by atoms with Gasteiger partial charge in [-0.05, 0) is 24.3 Å². The standard InChI is InChI=1S/C17H8F4N2O4/c18-9-6-7-10-11(12(9)17(19,20)21)14(24)13(15(25)22-10)23-27-16(26)8-4-2-1-3-5-8/h1-7H,(H,22,25). The fraction of sp³-hybridized carbons (Fsp3) is 0.0588. The maximum Gasteiger partial charge on any atom is 0.420 e. The van der Waals surface area contributed by atoms with E-state index in [0.29, 0.717) is 6.07 Å². The zero-order valence-electron chi connectivity index (χ0n) is 13.1. The first-order valence-corrected chi connectivity index (χ1v) is 7.30. The van der Waals surface area contributed by atoms with Crippen LogP contribution in [0.1, 0.15) is 26.3 Å². The second kappa shape index (κ2) is 6.63. The van der Waals surface area contributed by atoms with E-state index >= 15 is 0 Å². The van der Waals surface area contributed by atoms with Crippen LogP contribution in [-0.4, -0.2) is 23.4 Å². The number of fused-ring (bicyclic) bond motifs is 1. The predicted octanol–water partition coefficient (Wildman–Crippen LogP) is 3.19. The van der Waals surface area contributed by atoms with E-state index in [9.17, 15) is 31.9 Å². The lowest BCUT2D eigenvalue weighted by Crippen LogP contribution is -2.38. The molecule has 1 amide bonds. The van der Waals surface area contributed by atoms with Crippen molar-refractivity contribution in [3.8, 4) is 0 Å². The number of hydrogen-bond acceptors (Lipinski definition) is 5. The van der Waals surface area contributed by atoms with Gasteiger partial charge in [0.1, 0.15) is 11.4 Å². The number of hydrogen-bond donors (Lipinski definition) is 1. The monoisotopic (exact) mass is 380 g/mol. The number of ketones is 1. The summed E-state index contributed by atoms with van der Waals surface area (Å²) in [5, 5.41) is 5.08. The van der Waals surface area contributed by atoms with Gasteiger partial charge in [0.25, 0.3) is 5.91 Å². The van der Waals surface area contributed by atoms with Gasteiger partial charge in [0, 0.05) is 0 Å². The molecule has 2 aromatic carbocycles. The van der Waals surface area contributed by atoms with Crippen molar-refractivity contribution in [2.45, 2.75) is 6.18 Å². The van der Waals surface area contributed by atoms with E-state index in [4.69, 9.17) is 0 Å². The first-order chi connectivity index (χ1) is 12.7. The smallest absolute Gasteiger partial charge is 0.320 e. The Balaban J connectivity index is 2.00. The minimum atomic E-state index is -5.20. The quantitative estimate of drug-likeness (QED) is 0.493. The number of carbonyl (C=O) groups excluding carboxylic acids is 3. The summed E-state index contributed by atoms with van der Waals surface area (Å²) >= 11 is 0. The summed E-state index contributed by atoms with van der Waals surface area (Å²) in [6.07, 6.45) is -5.20. The van der Waals surface area contributed by atoms with Crippen LogP contribution in [0.4, 0.5) is 23.2 Å². The second-order valence-corrected chi connectivity index (χ2v) is 5.31. The maximum atomic E-state index is 13.7. The molecule has 0 spiro atoms. The van der Waals surface area contributed by atoms with Crippen molar-refractivity contribution in [1.29, 1.82) is 0 Å². The lowest BCUT2D eigenvalue weighted by atomic mass is 9.94. The SMILES string of the molecule is O=C1Nc2ccc(F)c(C(F)(F)F)c2C(=O)C1=NOC(=O)c1ccccc1. The van der Waals surface area contributed by atoms with E-state index < -0.39 is 52.2 Å². The van der Waals surface area contributed by atoms with Crippen LogP contribution in [0.15, 0.2) is 47.6 Å². The fourth-order valence-corrected chi connectivity index (χ4v) is 2.39. The Morgan fingerprint density at radius 3 is 2.33 bits per heavy atom. The van der Waals surface area contributed by atoms with E-state index in [-0.39, 0.29) is 5.56 Å². The Labute approximate surface area is 148 Å². The number of oxime groups is 1. The largest absolute Gasteiger partial charge is 0.420 e. The Bertz CT molecular complexity index is 984. The number of nitrogens with one attached hydrogen (secondary N) is 1. The zero-order chi connectivity index (χ0) is 19.8. The number of anilines is 1. The molecule has 10 heteroatoms. The van der Waals surface area contributed by atoms with Crippen LogP contribution in [0.5, 0.6) is 0 Å². The van der Waals surface area contributed by atoms with Crippen molar-refractivity contribution in [1.82, 2.24) is 0 Å². The topological polar surface area (TPSA) is 84.8 Å². The Morgan fingerprint density at radius 2 is 1.70 bits per heavy atom. The van der Waals surface area contributed by atoms with Gasteiger partial charge in [-0.1, -0.05) is 23.4 Å². The van der Waals surface area contributed by atoms with Crippen molar-refractivity contribution in [2.24, 2.45) is 5.16 Å². The van der Waals surface area contributed by atoms with Gasteiger partial charge >= 0.3 is 12.1 Å². The highest BCUT2D eigenvalue weighted by molar-refractivity contribution is 6.72. The molecule has 0 radical (unpaired) electrons. The van der Waals surface area contributed by atoms with Crippen LogP contribution < -0.4 is 5.32 Å². The summed E-state index contributed by atoms with van der Waals surface area (Å²) in [4.78, 5) is 40.6. The molecule has 1 heterocycles. The Morgan fingerprint density at radius 1 is 1.04 bits per heavy atom. The molecule has 0 unspecified atom stereocenters. The normalized spacial score (nSPS) is 15.3. The zero-order valence-corrected chi connectivity index (χ0v) is 13.1. The molecule has 0 bridgehead atoms. The molecular formula is C17H8F4N2O4. The number of benzene rings is 2. The summed E-state index contributed by atoms with van der Waals surface area (Å²) in [7, 11) is 0. The Kier molecular flexibility index (Phi) is 4.48. The Hall–Kier alpha value is -3.56. The van der Waals surface area contributed by atoms with Gasteiger partial charge in [-0.15, -0.1) is 0 Å². The van der Waals surface area contributed by atoms with Crippen LogP contribution in [0.25, 0.3) is 0 Å². The van der Waals surface area contributed by atoms with Crippen LogP contribution >= 0.6 is 0 Å². The summed E-state index contributed by atoms with van der Waals surface area (Å²) in [5.41, 5.74) is -4.55. The molecule has 0 atom stereocenters. The molecule has 1 N–H and O–H groups in total. The van der Waals surface area contributed by atoms with E-state index in [1.807, 2.05) is 5.32 Å². The number of rotatable bonds is 2. The first-order valence-electron chi connectivity index (χ1n) is 7.30. The highest BCUT2D eigenvalue weighted by Crippen LogP contribution is 2.38. The summed E-state index contributed by atoms with van der Waals surface area (Å²) in [6, 6.07) is 8.66. The average Bonchev–Trinajstić information content (AvgIpc) is 2.61. The minimum absolute atomic E-state index is 0.0351. The minimum Gasteiger partial charge on any atom is -0.320 e. The summed E-state index contributed by atoms with van der Waals surface area (Å²) in [6.45, 7) is 0. The van der Waals surface area contributed by atoms with Crippen LogP contribution in [0.3, 0.4) is 0 Å². The molecule has 1 aliphatic heterocycles. The van der Waals surface area contributed by atoms with Crippen molar-refractivity contribution < 1.29 is 36.8 Å². The van der Waals surface area contributed by atoms with Crippen molar-refractivity contribution >= 4 is 29.1 Å². The highest BCUT2D eigenvalue weighted by atomic mass is 19.4. The lowest BCUT2D eigenvalue weighted by Gasteiger charge is -2.21. The molecule has 0 saturated carbocycles. The first kappa shape index (κ1) is 18.2. The van der Waals surface area contributed by atoms with E-state index in [0.717, 1.165) is 6.07 Å². The molecule has 2 aromatic rings. The molecule has 3 rings (SSSR count). The highest BCUT2D eigenvalue weighted by Gasteiger charge is 2.44. The third-order valence-corrected chi connectivity index (χ3v) is 3.57. The van der Waals surface area contributed by atoms with Gasteiger partial charge in [0.05, 0.1) is 16.8 Å². The number of Topliss-reactive ketones (excluding diaryl/α,β-unsaturated/α-hetero) is 1. The molecule has 27 heavy (non-hydrogen) atoms. The number of carbonyl (C=O) groups is 3. The van der Waals surface area contributed by atoms with Crippen molar-refractivity contribution in [3.05, 3.63) is 65.0 Å². The van der Waals surface area contributed by atoms with Gasteiger partial charge in [-0.2, -0.15) is 13.2 Å². The number of alkyl halides is 3. The average molecular weight is 380 g/mol. The van der Waals surface area contributed by atoms with Gasteiger partial charge < -0.3 is 10.2 Å². The maximum absolute atomic E-state index is 13.7. The van der Waals surface area contributed by atoms with Gasteiger partial charge in [0.15, 0.2) is 0 Å². The second-order valence-electron chi connectivity index (χ2n) is 5.31. The van der Waals surface area contributed by atoms with Crippen molar-refractivity contribution in [3.63, 3.8) is 0 Å². The molecule has 0 saturated heterocycles. The third kappa shape index (κ3) is 3.41. The molecule has 6 nitrogen and oxygen atoms in total. The molecule has 138 valence electrons. The third-order valence-electron chi connectivity index (χ3n) is 3.57. The number of nitrogens with zero attached hydrogens (tertiary/aromatic N) is 1. The van der Waals surface area contributed by atoms with Gasteiger partial charge in [0.2, 0.25) is 11.5 Å². The predicted molar refractivity (Wildman–Crippen MR) is 83.7 cm³/mol. The fourth-order valence-electron chi connectivity index (χ4n) is 2.39. The molecule has 1 aliphatic rings.